The first-order chi connectivity index (χ1) is 17.8. The molecule has 3 aliphatic heterocycles. The third-order valence-electron chi connectivity index (χ3n) is 6.48. The SMILES string of the molecule is COc1ccc2cc1OCC(=O)NCc1ccc(cc1)O[C@H]1CN(C(=O)CC(C)C)C[C@@H]1NC(=O)CC2. The fraction of sp³-hybridized carbons (Fsp3) is 0.464. The summed E-state index contributed by atoms with van der Waals surface area (Å²) in [5.74, 6) is 1.53. The van der Waals surface area contributed by atoms with E-state index in [0.717, 1.165) is 11.1 Å². The first-order valence-corrected chi connectivity index (χ1v) is 12.7. The topological polar surface area (TPSA) is 106 Å². The Kier molecular flexibility index (Phi) is 8.53. The Hall–Kier alpha value is -3.75. The lowest BCUT2D eigenvalue weighted by atomic mass is 10.1. The van der Waals surface area contributed by atoms with Crippen molar-refractivity contribution in [3.63, 3.8) is 0 Å². The molecule has 0 aromatic heterocycles. The molecule has 37 heavy (non-hydrogen) atoms. The average Bonchev–Trinajstić information content (AvgIpc) is 3.27. The van der Waals surface area contributed by atoms with Crippen LogP contribution in [0.2, 0.25) is 0 Å². The number of hydrogen-bond donors (Lipinski definition) is 2. The van der Waals surface area contributed by atoms with Crippen LogP contribution in [0.5, 0.6) is 17.2 Å². The van der Waals surface area contributed by atoms with Gasteiger partial charge in [0.2, 0.25) is 11.8 Å². The normalized spacial score (nSPS) is 20.5. The fourth-order valence-corrected chi connectivity index (χ4v) is 4.50. The summed E-state index contributed by atoms with van der Waals surface area (Å²) in [6, 6.07) is 12.5. The molecule has 5 rings (SSSR count). The summed E-state index contributed by atoms with van der Waals surface area (Å²) in [6.07, 6.45) is 0.821. The maximum atomic E-state index is 12.9. The van der Waals surface area contributed by atoms with Crippen molar-refractivity contribution in [3.8, 4) is 17.2 Å². The van der Waals surface area contributed by atoms with Gasteiger partial charge in [0.1, 0.15) is 11.9 Å². The number of benzene rings is 2. The minimum atomic E-state index is -0.367. The van der Waals surface area contributed by atoms with Crippen LogP contribution in [0.15, 0.2) is 42.5 Å². The fourth-order valence-electron chi connectivity index (χ4n) is 4.50. The zero-order valence-corrected chi connectivity index (χ0v) is 21.6. The molecule has 3 heterocycles. The summed E-state index contributed by atoms with van der Waals surface area (Å²) >= 11 is 0. The van der Waals surface area contributed by atoms with Crippen LogP contribution < -0.4 is 24.8 Å². The molecule has 1 fully saturated rings. The number of amides is 3. The van der Waals surface area contributed by atoms with Gasteiger partial charge in [-0.05, 0) is 47.7 Å². The maximum Gasteiger partial charge on any atom is 0.258 e. The highest BCUT2D eigenvalue weighted by atomic mass is 16.5. The van der Waals surface area contributed by atoms with Gasteiger partial charge >= 0.3 is 0 Å². The smallest absolute Gasteiger partial charge is 0.258 e. The molecule has 0 saturated carbocycles. The van der Waals surface area contributed by atoms with E-state index in [-0.39, 0.29) is 48.8 Å². The molecule has 1 saturated heterocycles. The number of carbonyl (C=O) groups excluding carboxylic acids is 3. The van der Waals surface area contributed by atoms with E-state index in [4.69, 9.17) is 14.2 Å². The molecule has 3 amide bonds. The van der Waals surface area contributed by atoms with Gasteiger partial charge in [-0.1, -0.05) is 32.0 Å². The van der Waals surface area contributed by atoms with E-state index in [1.165, 1.54) is 7.11 Å². The summed E-state index contributed by atoms with van der Waals surface area (Å²) < 4.78 is 17.3. The van der Waals surface area contributed by atoms with Gasteiger partial charge in [-0.3, -0.25) is 14.4 Å². The first kappa shape index (κ1) is 26.3. The molecule has 0 radical (unpaired) electrons. The van der Waals surface area contributed by atoms with Gasteiger partial charge in [0.15, 0.2) is 18.1 Å². The van der Waals surface area contributed by atoms with Crippen LogP contribution in [0.3, 0.4) is 0 Å². The van der Waals surface area contributed by atoms with E-state index in [1.807, 2.05) is 44.2 Å². The highest BCUT2D eigenvalue weighted by molar-refractivity contribution is 5.79. The van der Waals surface area contributed by atoms with Crippen molar-refractivity contribution in [2.24, 2.45) is 5.92 Å². The summed E-state index contributed by atoms with van der Waals surface area (Å²) in [6.45, 7) is 5.04. The van der Waals surface area contributed by atoms with Crippen molar-refractivity contribution >= 4 is 17.7 Å². The van der Waals surface area contributed by atoms with Crippen molar-refractivity contribution in [1.29, 1.82) is 0 Å². The van der Waals surface area contributed by atoms with Crippen LogP contribution in [-0.4, -0.2) is 61.6 Å². The molecule has 0 unspecified atom stereocenters. The third kappa shape index (κ3) is 7.15. The highest BCUT2D eigenvalue weighted by Crippen LogP contribution is 2.29. The predicted octanol–water partition coefficient (Wildman–Crippen LogP) is 2.46. The second-order valence-corrected chi connectivity index (χ2v) is 9.92. The number of nitrogens with one attached hydrogen (secondary N) is 2. The van der Waals surface area contributed by atoms with Gasteiger partial charge in [0, 0.05) is 25.9 Å². The van der Waals surface area contributed by atoms with Crippen LogP contribution in [0.25, 0.3) is 0 Å². The number of rotatable bonds is 3. The summed E-state index contributed by atoms with van der Waals surface area (Å²) in [7, 11) is 1.54. The average molecular weight is 510 g/mol. The van der Waals surface area contributed by atoms with E-state index < -0.39 is 0 Å². The molecule has 9 heteroatoms. The molecule has 198 valence electrons. The molecule has 3 aliphatic rings. The van der Waals surface area contributed by atoms with E-state index in [2.05, 4.69) is 10.6 Å². The quantitative estimate of drug-likeness (QED) is 0.659. The monoisotopic (exact) mass is 509 g/mol. The molecule has 2 aromatic rings. The van der Waals surface area contributed by atoms with Crippen molar-refractivity contribution in [3.05, 3.63) is 53.6 Å². The van der Waals surface area contributed by atoms with Gasteiger partial charge in [0.05, 0.1) is 19.7 Å². The summed E-state index contributed by atoms with van der Waals surface area (Å²) in [5.41, 5.74) is 1.79. The van der Waals surface area contributed by atoms with E-state index in [1.54, 1.807) is 17.0 Å². The van der Waals surface area contributed by atoms with Crippen molar-refractivity contribution < 1.29 is 28.6 Å². The lowest BCUT2D eigenvalue weighted by Crippen LogP contribution is -2.45. The standard InChI is InChI=1S/C28H35N3O6/c1-18(2)12-28(34)31-15-22-25(16-31)37-21-8-4-20(5-9-21)14-29-27(33)17-36-24-13-19(6-10-23(24)35-3)7-11-26(32)30-22/h4-6,8-10,13,18,22,25H,7,11-12,14-17H2,1-3H3,(H,29,33)(H,30,32)/t22-,25-/m0/s1. The van der Waals surface area contributed by atoms with Crippen LogP contribution in [0.1, 0.15) is 37.8 Å². The zero-order valence-electron chi connectivity index (χ0n) is 21.6. The van der Waals surface area contributed by atoms with Crippen molar-refractivity contribution in [2.75, 3.05) is 26.8 Å². The number of nitrogens with zero attached hydrogens (tertiary/aromatic N) is 1. The largest absolute Gasteiger partial charge is 0.493 e. The lowest BCUT2D eigenvalue weighted by molar-refractivity contribution is -0.131. The third-order valence-corrected chi connectivity index (χ3v) is 6.48. The summed E-state index contributed by atoms with van der Waals surface area (Å²) in [5, 5.41) is 5.94. The number of carbonyl (C=O) groups is 3. The van der Waals surface area contributed by atoms with E-state index in [0.29, 0.717) is 49.7 Å². The Morgan fingerprint density at radius 1 is 1.05 bits per heavy atom. The van der Waals surface area contributed by atoms with Crippen LogP contribution >= 0.6 is 0 Å². The van der Waals surface area contributed by atoms with E-state index >= 15 is 0 Å². The Bertz CT molecular complexity index is 1120. The molecule has 0 spiro atoms. The molecular weight excluding hydrogens is 474 g/mol. The number of likely N-dealkylation sites (tertiary alicyclic amines) is 1. The maximum absolute atomic E-state index is 12.9. The summed E-state index contributed by atoms with van der Waals surface area (Å²) in [4.78, 5) is 39.8. The number of methoxy groups -OCH3 is 1. The predicted molar refractivity (Wildman–Crippen MR) is 137 cm³/mol. The molecule has 2 N–H and O–H groups in total. The lowest BCUT2D eigenvalue weighted by Gasteiger charge is -2.21. The van der Waals surface area contributed by atoms with Crippen LogP contribution in [0.4, 0.5) is 0 Å². The number of hydrogen-bond acceptors (Lipinski definition) is 6. The minimum absolute atomic E-state index is 0.0617. The number of ether oxygens (including phenoxy) is 3. The van der Waals surface area contributed by atoms with Crippen molar-refractivity contribution in [1.82, 2.24) is 15.5 Å². The number of fused-ring (bicyclic) bond motifs is 9. The van der Waals surface area contributed by atoms with Gasteiger partial charge in [-0.2, -0.15) is 0 Å². The molecule has 2 aromatic carbocycles. The minimum Gasteiger partial charge on any atom is -0.493 e. The Morgan fingerprint density at radius 3 is 2.54 bits per heavy atom. The molecular formula is C28H35N3O6. The van der Waals surface area contributed by atoms with Gasteiger partial charge in [0.25, 0.3) is 5.91 Å². The molecule has 2 atom stereocenters. The Morgan fingerprint density at radius 2 is 1.81 bits per heavy atom. The number of aryl methyl sites for hydroxylation is 1. The molecule has 4 bridgehead atoms. The molecule has 0 aliphatic carbocycles. The molecule has 9 nitrogen and oxygen atoms in total. The second kappa shape index (κ2) is 12.0. The van der Waals surface area contributed by atoms with Crippen molar-refractivity contribution in [2.45, 2.75) is 51.8 Å². The second-order valence-electron chi connectivity index (χ2n) is 9.92. The van der Waals surface area contributed by atoms with Crippen LogP contribution in [-0.2, 0) is 27.3 Å². The Labute approximate surface area is 217 Å². The van der Waals surface area contributed by atoms with Crippen LogP contribution in [0, 0.1) is 5.92 Å². The van der Waals surface area contributed by atoms with Gasteiger partial charge in [-0.15, -0.1) is 0 Å². The first-order valence-electron chi connectivity index (χ1n) is 12.7. The van der Waals surface area contributed by atoms with Gasteiger partial charge in [-0.25, -0.2) is 0 Å². The Balaban J connectivity index is 1.55. The van der Waals surface area contributed by atoms with E-state index in [9.17, 15) is 14.4 Å². The highest BCUT2D eigenvalue weighted by Gasteiger charge is 2.37. The zero-order chi connectivity index (χ0) is 26.4. The van der Waals surface area contributed by atoms with Gasteiger partial charge < -0.3 is 29.7 Å².